The minimum atomic E-state index is -0.0266. The summed E-state index contributed by atoms with van der Waals surface area (Å²) in [5.41, 5.74) is 2.84. The van der Waals surface area contributed by atoms with E-state index in [9.17, 15) is 4.79 Å². The minimum Gasteiger partial charge on any atom is -0.378 e. The van der Waals surface area contributed by atoms with E-state index in [0.717, 1.165) is 41.1 Å². The molecule has 0 bridgehead atoms. The third-order valence-corrected chi connectivity index (χ3v) is 4.54. The Morgan fingerprint density at radius 3 is 2.96 bits per heavy atom. The second-order valence-electron chi connectivity index (χ2n) is 6.28. The molecule has 0 unspecified atom stereocenters. The highest BCUT2D eigenvalue weighted by atomic mass is 16.5. The first-order chi connectivity index (χ1) is 12.8. The monoisotopic (exact) mass is 351 g/mol. The zero-order valence-electron chi connectivity index (χ0n) is 14.4. The van der Waals surface area contributed by atoms with Crippen LogP contribution in [-0.2, 0) is 22.5 Å². The lowest BCUT2D eigenvalue weighted by Gasteiger charge is -2.27. The second kappa shape index (κ2) is 7.53. The predicted molar refractivity (Wildman–Crippen MR) is 98.9 cm³/mol. The molecule has 1 aliphatic rings. The second-order valence-corrected chi connectivity index (χ2v) is 6.28. The highest BCUT2D eigenvalue weighted by molar-refractivity contribution is 5.88. The number of amides is 1. The number of hydrogen-bond acceptors (Lipinski definition) is 5. The lowest BCUT2D eigenvalue weighted by molar-refractivity contribution is -0.120. The molecule has 1 aliphatic heterocycles. The molecule has 0 aliphatic carbocycles. The topological polar surface area (TPSA) is 83.1 Å². The first-order valence-corrected chi connectivity index (χ1v) is 8.75. The average molecular weight is 351 g/mol. The van der Waals surface area contributed by atoms with Crippen LogP contribution in [0.2, 0.25) is 0 Å². The maximum absolute atomic E-state index is 12.3. The summed E-state index contributed by atoms with van der Waals surface area (Å²) in [5, 5.41) is 4.03. The molecule has 4 rings (SSSR count). The van der Waals surface area contributed by atoms with Crippen molar-refractivity contribution in [1.82, 2.24) is 20.3 Å². The van der Waals surface area contributed by atoms with Gasteiger partial charge in [0, 0.05) is 36.3 Å². The largest absolute Gasteiger partial charge is 0.378 e. The molecule has 2 N–H and O–H groups in total. The zero-order chi connectivity index (χ0) is 17.8. The van der Waals surface area contributed by atoms with E-state index in [1.54, 1.807) is 6.33 Å². The summed E-state index contributed by atoms with van der Waals surface area (Å²) in [6.07, 6.45) is 3.78. The number of benzene rings is 1. The highest BCUT2D eigenvalue weighted by Crippen LogP contribution is 2.18. The van der Waals surface area contributed by atoms with Gasteiger partial charge in [0.05, 0.1) is 31.9 Å². The number of nitrogens with one attached hydrogen (secondary N) is 2. The number of ether oxygens (including phenoxy) is 1. The Bertz CT molecular complexity index is 902. The van der Waals surface area contributed by atoms with Crippen LogP contribution >= 0.6 is 0 Å². The summed E-state index contributed by atoms with van der Waals surface area (Å²) in [6, 6.07) is 9.91. The molecule has 3 aromatic rings. The number of anilines is 1. The van der Waals surface area contributed by atoms with Crippen molar-refractivity contribution in [3.63, 3.8) is 0 Å². The molecule has 0 radical (unpaired) electrons. The van der Waals surface area contributed by atoms with Crippen molar-refractivity contribution in [2.45, 2.75) is 13.0 Å². The van der Waals surface area contributed by atoms with E-state index in [2.05, 4.69) is 25.2 Å². The van der Waals surface area contributed by atoms with Crippen LogP contribution in [0.3, 0.4) is 0 Å². The Morgan fingerprint density at radius 1 is 1.23 bits per heavy atom. The average Bonchev–Trinajstić information content (AvgIpc) is 3.10. The molecule has 0 atom stereocenters. The molecule has 1 amide bonds. The molecule has 7 nitrogen and oxygen atoms in total. The number of aromatic amines is 1. The van der Waals surface area contributed by atoms with E-state index in [4.69, 9.17) is 4.74 Å². The van der Waals surface area contributed by atoms with E-state index in [1.165, 1.54) is 0 Å². The summed E-state index contributed by atoms with van der Waals surface area (Å²) in [5.74, 6) is 0.852. The van der Waals surface area contributed by atoms with E-state index in [-0.39, 0.29) is 5.91 Å². The van der Waals surface area contributed by atoms with E-state index in [1.807, 2.05) is 36.5 Å². The molecule has 0 saturated carbocycles. The smallest absolute Gasteiger partial charge is 0.224 e. The Morgan fingerprint density at radius 2 is 2.08 bits per heavy atom. The van der Waals surface area contributed by atoms with Crippen molar-refractivity contribution in [3.05, 3.63) is 54.1 Å². The Labute approximate surface area is 151 Å². The zero-order valence-corrected chi connectivity index (χ0v) is 14.4. The van der Waals surface area contributed by atoms with Crippen molar-refractivity contribution in [2.75, 3.05) is 31.2 Å². The number of rotatable bonds is 5. The third-order valence-electron chi connectivity index (χ3n) is 4.54. The molecule has 3 heterocycles. The van der Waals surface area contributed by atoms with Gasteiger partial charge in [-0.3, -0.25) is 4.79 Å². The van der Waals surface area contributed by atoms with Gasteiger partial charge in [-0.05, 0) is 11.6 Å². The Hall–Kier alpha value is -2.93. The quantitative estimate of drug-likeness (QED) is 0.730. The maximum Gasteiger partial charge on any atom is 0.224 e. The van der Waals surface area contributed by atoms with Crippen molar-refractivity contribution in [2.24, 2.45) is 0 Å². The number of fused-ring (bicyclic) bond motifs is 1. The van der Waals surface area contributed by atoms with Crippen molar-refractivity contribution in [1.29, 1.82) is 0 Å². The number of morpholine rings is 1. The van der Waals surface area contributed by atoms with Gasteiger partial charge in [0.15, 0.2) is 0 Å². The number of para-hydroxylation sites is 1. The van der Waals surface area contributed by atoms with Crippen molar-refractivity contribution < 1.29 is 9.53 Å². The summed E-state index contributed by atoms with van der Waals surface area (Å²) in [7, 11) is 0. The van der Waals surface area contributed by atoms with Crippen LogP contribution in [-0.4, -0.2) is 47.2 Å². The highest BCUT2D eigenvalue weighted by Gasteiger charge is 2.13. The summed E-state index contributed by atoms with van der Waals surface area (Å²) in [6.45, 7) is 3.45. The molecule has 1 fully saturated rings. The van der Waals surface area contributed by atoms with E-state index >= 15 is 0 Å². The molecule has 7 heteroatoms. The van der Waals surface area contributed by atoms with Crippen molar-refractivity contribution in [3.8, 4) is 0 Å². The van der Waals surface area contributed by atoms with E-state index in [0.29, 0.717) is 26.2 Å². The molecule has 134 valence electrons. The molecular weight excluding hydrogens is 330 g/mol. The minimum absolute atomic E-state index is 0.0266. The fraction of sp³-hybridized carbons (Fsp3) is 0.316. The Balaban J connectivity index is 1.37. The predicted octanol–water partition coefficient (Wildman–Crippen LogP) is 1.65. The van der Waals surface area contributed by atoms with Gasteiger partial charge in [0.2, 0.25) is 5.91 Å². The van der Waals surface area contributed by atoms with Crippen LogP contribution in [0.25, 0.3) is 10.9 Å². The lowest BCUT2D eigenvalue weighted by Crippen LogP contribution is -2.37. The molecule has 1 aromatic carbocycles. The van der Waals surface area contributed by atoms with Crippen LogP contribution in [0.4, 0.5) is 5.82 Å². The van der Waals surface area contributed by atoms with Crippen LogP contribution in [0, 0.1) is 0 Å². The number of H-pyrrole nitrogens is 1. The van der Waals surface area contributed by atoms with Gasteiger partial charge in [0.25, 0.3) is 0 Å². The van der Waals surface area contributed by atoms with Gasteiger partial charge in [0.1, 0.15) is 12.1 Å². The first kappa shape index (κ1) is 16.5. The van der Waals surface area contributed by atoms with Crippen LogP contribution in [0.5, 0.6) is 0 Å². The van der Waals surface area contributed by atoms with Gasteiger partial charge in [-0.2, -0.15) is 0 Å². The fourth-order valence-corrected chi connectivity index (χ4v) is 3.15. The van der Waals surface area contributed by atoms with Crippen LogP contribution in [0.15, 0.2) is 42.9 Å². The molecule has 2 aromatic heterocycles. The van der Waals surface area contributed by atoms with Gasteiger partial charge in [-0.25, -0.2) is 9.97 Å². The van der Waals surface area contributed by atoms with E-state index < -0.39 is 0 Å². The van der Waals surface area contributed by atoms with Crippen molar-refractivity contribution >= 4 is 22.6 Å². The van der Waals surface area contributed by atoms with Gasteiger partial charge in [-0.1, -0.05) is 18.2 Å². The molecule has 0 spiro atoms. The molecule has 1 saturated heterocycles. The van der Waals surface area contributed by atoms with Gasteiger partial charge >= 0.3 is 0 Å². The number of carbonyl (C=O) groups excluding carboxylic acids is 1. The normalized spacial score (nSPS) is 14.5. The third kappa shape index (κ3) is 3.67. The summed E-state index contributed by atoms with van der Waals surface area (Å²) >= 11 is 0. The Kier molecular flexibility index (Phi) is 4.79. The first-order valence-electron chi connectivity index (χ1n) is 8.75. The van der Waals surface area contributed by atoms with Crippen LogP contribution in [0.1, 0.15) is 11.3 Å². The summed E-state index contributed by atoms with van der Waals surface area (Å²) in [4.78, 5) is 26.3. The number of carbonyl (C=O) groups is 1. The summed E-state index contributed by atoms with van der Waals surface area (Å²) < 4.78 is 5.37. The SMILES string of the molecule is O=C(Cc1c[nH]c2ccccc12)NCc1cc(N2CCOCC2)ncn1. The molecular formula is C19H21N5O2. The maximum atomic E-state index is 12.3. The fourth-order valence-electron chi connectivity index (χ4n) is 3.15. The van der Waals surface area contributed by atoms with Gasteiger partial charge < -0.3 is 19.9 Å². The molecule has 26 heavy (non-hydrogen) atoms. The van der Waals surface area contributed by atoms with Crippen LogP contribution < -0.4 is 10.2 Å². The standard InChI is InChI=1S/C19H21N5O2/c25-19(9-14-11-20-17-4-2-1-3-16(14)17)21-12-15-10-18(23-13-22-15)24-5-7-26-8-6-24/h1-4,10-11,13,20H,5-9,12H2,(H,21,25). The number of aromatic nitrogens is 3. The number of nitrogens with zero attached hydrogens (tertiary/aromatic N) is 3. The van der Waals surface area contributed by atoms with Gasteiger partial charge in [-0.15, -0.1) is 0 Å². The lowest BCUT2D eigenvalue weighted by atomic mass is 10.1. The number of hydrogen-bond donors (Lipinski definition) is 2.